The largest absolute Gasteiger partial charge is 0.383 e. The Bertz CT molecular complexity index is 572. The number of aryl methyl sites for hydroxylation is 2. The average Bonchev–Trinajstić information content (AvgIpc) is 2.37. The van der Waals surface area contributed by atoms with E-state index in [4.69, 9.17) is 5.73 Å². The first kappa shape index (κ1) is 12.2. The molecule has 0 radical (unpaired) electrons. The van der Waals surface area contributed by atoms with Gasteiger partial charge in [0.05, 0.1) is 5.56 Å². The van der Waals surface area contributed by atoms with Crippen molar-refractivity contribution in [2.24, 2.45) is 0 Å². The Morgan fingerprint density at radius 1 is 1.33 bits per heavy atom. The predicted molar refractivity (Wildman–Crippen MR) is 65.6 cm³/mol. The smallest absolute Gasteiger partial charge is 0.155 e. The third-order valence-electron chi connectivity index (χ3n) is 2.55. The van der Waals surface area contributed by atoms with Gasteiger partial charge in [-0.25, -0.2) is 14.4 Å². The summed E-state index contributed by atoms with van der Waals surface area (Å²) in [6.45, 7) is 0. The van der Waals surface area contributed by atoms with Gasteiger partial charge < -0.3 is 5.73 Å². The first-order chi connectivity index (χ1) is 8.69. The number of rotatable bonds is 4. The molecule has 2 N–H and O–H groups in total. The van der Waals surface area contributed by atoms with Crippen LogP contribution in [0.4, 0.5) is 10.2 Å². The van der Waals surface area contributed by atoms with E-state index in [-0.39, 0.29) is 17.2 Å². The molecule has 2 rings (SSSR count). The van der Waals surface area contributed by atoms with Crippen LogP contribution in [-0.4, -0.2) is 16.3 Å². The summed E-state index contributed by atoms with van der Waals surface area (Å²) in [6.07, 6.45) is 3.19. The number of nitrogen functional groups attached to an aromatic ring is 1. The van der Waals surface area contributed by atoms with E-state index in [1.807, 2.05) is 6.07 Å². The number of halogens is 1. The van der Waals surface area contributed by atoms with Crippen molar-refractivity contribution in [2.45, 2.75) is 12.8 Å². The number of aromatic nitrogens is 2. The van der Waals surface area contributed by atoms with Crippen LogP contribution in [0.25, 0.3) is 0 Å². The molecule has 0 aliphatic carbocycles. The normalized spacial score (nSPS) is 10.3. The summed E-state index contributed by atoms with van der Waals surface area (Å²) < 4.78 is 13.0. The maximum atomic E-state index is 13.0. The van der Waals surface area contributed by atoms with E-state index in [2.05, 4.69) is 9.97 Å². The molecule has 1 aromatic heterocycles. The lowest BCUT2D eigenvalue weighted by atomic mass is 10.1. The summed E-state index contributed by atoms with van der Waals surface area (Å²) in [5.74, 6) is 0.459. The molecule has 0 saturated heterocycles. The van der Waals surface area contributed by atoms with Crippen molar-refractivity contribution < 1.29 is 9.18 Å². The minimum absolute atomic E-state index is 0.175. The van der Waals surface area contributed by atoms with Gasteiger partial charge in [0, 0.05) is 12.6 Å². The van der Waals surface area contributed by atoms with Crippen LogP contribution >= 0.6 is 0 Å². The topological polar surface area (TPSA) is 68.9 Å². The second-order valence-corrected chi connectivity index (χ2v) is 3.87. The zero-order chi connectivity index (χ0) is 13.0. The highest BCUT2D eigenvalue weighted by molar-refractivity contribution is 5.80. The Labute approximate surface area is 104 Å². The molecule has 0 atom stereocenters. The van der Waals surface area contributed by atoms with Crippen LogP contribution in [0, 0.1) is 5.82 Å². The Morgan fingerprint density at radius 3 is 2.83 bits per heavy atom. The van der Waals surface area contributed by atoms with E-state index in [0.717, 1.165) is 5.56 Å². The molecule has 0 saturated carbocycles. The minimum atomic E-state index is -0.260. The number of anilines is 1. The zero-order valence-corrected chi connectivity index (χ0v) is 9.64. The fraction of sp³-hybridized carbons (Fsp3) is 0.154. The molecule has 18 heavy (non-hydrogen) atoms. The monoisotopic (exact) mass is 245 g/mol. The van der Waals surface area contributed by atoms with Crippen molar-refractivity contribution in [1.29, 1.82) is 0 Å². The number of benzene rings is 1. The van der Waals surface area contributed by atoms with Gasteiger partial charge in [0.25, 0.3) is 0 Å². The fourth-order valence-corrected chi connectivity index (χ4v) is 1.60. The molecule has 0 bridgehead atoms. The molecule has 0 amide bonds. The minimum Gasteiger partial charge on any atom is -0.383 e. The second-order valence-electron chi connectivity index (χ2n) is 3.87. The summed E-state index contributed by atoms with van der Waals surface area (Å²) in [5, 5.41) is 0. The van der Waals surface area contributed by atoms with E-state index < -0.39 is 0 Å². The predicted octanol–water partition coefficient (Wildman–Crippen LogP) is 1.80. The van der Waals surface area contributed by atoms with Gasteiger partial charge in [0.1, 0.15) is 17.5 Å². The van der Waals surface area contributed by atoms with Gasteiger partial charge in [-0.2, -0.15) is 0 Å². The second kappa shape index (κ2) is 5.35. The molecule has 0 spiro atoms. The number of hydrogen-bond acceptors (Lipinski definition) is 4. The van der Waals surface area contributed by atoms with E-state index in [0.29, 0.717) is 25.0 Å². The maximum Gasteiger partial charge on any atom is 0.155 e. The SMILES string of the molecule is Nc1nc(CCc2cccc(F)c2)ncc1C=O. The first-order valence-corrected chi connectivity index (χ1v) is 5.50. The lowest BCUT2D eigenvalue weighted by molar-refractivity contribution is 0.112. The van der Waals surface area contributed by atoms with Crippen LogP contribution in [0.2, 0.25) is 0 Å². The third-order valence-corrected chi connectivity index (χ3v) is 2.55. The van der Waals surface area contributed by atoms with E-state index >= 15 is 0 Å². The Kier molecular flexibility index (Phi) is 3.62. The molecule has 5 heteroatoms. The Morgan fingerprint density at radius 2 is 2.17 bits per heavy atom. The van der Waals surface area contributed by atoms with E-state index in [1.165, 1.54) is 18.3 Å². The standard InChI is InChI=1S/C13H12FN3O/c14-11-3-1-2-9(6-11)4-5-12-16-7-10(8-18)13(15)17-12/h1-3,6-8H,4-5H2,(H2,15,16,17). The van der Waals surface area contributed by atoms with Gasteiger partial charge in [-0.15, -0.1) is 0 Å². The summed E-state index contributed by atoms with van der Waals surface area (Å²) in [6, 6.07) is 6.38. The van der Waals surface area contributed by atoms with Crippen molar-refractivity contribution in [3.8, 4) is 0 Å². The number of nitrogens with two attached hydrogens (primary N) is 1. The number of carbonyl (C=O) groups excluding carboxylic acids is 1. The van der Waals surface area contributed by atoms with Crippen molar-refractivity contribution in [3.05, 3.63) is 53.2 Å². The van der Waals surface area contributed by atoms with Gasteiger partial charge in [0.2, 0.25) is 0 Å². The Balaban J connectivity index is 2.06. The summed E-state index contributed by atoms with van der Waals surface area (Å²) in [7, 11) is 0. The maximum absolute atomic E-state index is 13.0. The molecule has 0 unspecified atom stereocenters. The number of nitrogens with zero attached hydrogens (tertiary/aromatic N) is 2. The summed E-state index contributed by atoms with van der Waals surface area (Å²) >= 11 is 0. The van der Waals surface area contributed by atoms with Crippen LogP contribution in [0.15, 0.2) is 30.5 Å². The quantitative estimate of drug-likeness (QED) is 0.834. The zero-order valence-electron chi connectivity index (χ0n) is 9.64. The molecule has 92 valence electrons. The molecule has 1 heterocycles. The van der Waals surface area contributed by atoms with E-state index in [9.17, 15) is 9.18 Å². The Hall–Kier alpha value is -2.30. The lowest BCUT2D eigenvalue weighted by Gasteiger charge is -2.03. The van der Waals surface area contributed by atoms with E-state index in [1.54, 1.807) is 6.07 Å². The number of carbonyl (C=O) groups is 1. The van der Waals surface area contributed by atoms with Crippen molar-refractivity contribution in [2.75, 3.05) is 5.73 Å². The molecule has 2 aromatic rings. The lowest BCUT2D eigenvalue weighted by Crippen LogP contribution is -2.04. The van der Waals surface area contributed by atoms with Crippen LogP contribution in [0.3, 0.4) is 0 Å². The summed E-state index contributed by atoms with van der Waals surface area (Å²) in [4.78, 5) is 18.6. The van der Waals surface area contributed by atoms with Crippen molar-refractivity contribution in [1.82, 2.24) is 9.97 Å². The highest BCUT2D eigenvalue weighted by Gasteiger charge is 2.04. The van der Waals surface area contributed by atoms with Crippen LogP contribution in [-0.2, 0) is 12.8 Å². The molecule has 4 nitrogen and oxygen atoms in total. The molecular weight excluding hydrogens is 233 g/mol. The third kappa shape index (κ3) is 2.88. The number of hydrogen-bond donors (Lipinski definition) is 1. The van der Waals surface area contributed by atoms with Crippen molar-refractivity contribution >= 4 is 12.1 Å². The molecule has 0 fully saturated rings. The highest BCUT2D eigenvalue weighted by Crippen LogP contribution is 2.09. The van der Waals surface area contributed by atoms with Crippen LogP contribution < -0.4 is 5.73 Å². The van der Waals surface area contributed by atoms with Gasteiger partial charge in [-0.1, -0.05) is 12.1 Å². The van der Waals surface area contributed by atoms with Gasteiger partial charge in [-0.05, 0) is 24.1 Å². The highest BCUT2D eigenvalue weighted by atomic mass is 19.1. The molecular formula is C13H12FN3O. The first-order valence-electron chi connectivity index (χ1n) is 5.50. The summed E-state index contributed by atoms with van der Waals surface area (Å²) in [5.41, 5.74) is 6.74. The molecule has 0 aliphatic heterocycles. The average molecular weight is 245 g/mol. The van der Waals surface area contributed by atoms with Gasteiger partial charge in [-0.3, -0.25) is 4.79 Å². The van der Waals surface area contributed by atoms with Gasteiger partial charge >= 0.3 is 0 Å². The van der Waals surface area contributed by atoms with Gasteiger partial charge in [0.15, 0.2) is 6.29 Å². The fourth-order valence-electron chi connectivity index (χ4n) is 1.60. The van der Waals surface area contributed by atoms with Crippen LogP contribution in [0.1, 0.15) is 21.7 Å². The van der Waals surface area contributed by atoms with Crippen molar-refractivity contribution in [3.63, 3.8) is 0 Å². The molecule has 1 aromatic carbocycles. The molecule has 0 aliphatic rings. The van der Waals surface area contributed by atoms with Crippen LogP contribution in [0.5, 0.6) is 0 Å². The number of aldehydes is 1.